The van der Waals surface area contributed by atoms with E-state index in [0.29, 0.717) is 11.4 Å². The van der Waals surface area contributed by atoms with Gasteiger partial charge in [0.2, 0.25) is 5.91 Å². The summed E-state index contributed by atoms with van der Waals surface area (Å²) in [5.41, 5.74) is 1.40. The lowest BCUT2D eigenvalue weighted by molar-refractivity contribution is -0.120. The van der Waals surface area contributed by atoms with E-state index in [1.807, 2.05) is 0 Å². The quantitative estimate of drug-likeness (QED) is 0.810. The van der Waals surface area contributed by atoms with Crippen LogP contribution in [0.4, 0.5) is 10.5 Å². The molecule has 0 spiro atoms. The number of carboxylic acid groups (broad SMARTS) is 1. The van der Waals surface area contributed by atoms with Crippen molar-refractivity contribution in [3.63, 3.8) is 0 Å². The molecule has 1 aliphatic rings. The van der Waals surface area contributed by atoms with Crippen LogP contribution in [0, 0.1) is 0 Å². The predicted octanol–water partition coefficient (Wildman–Crippen LogP) is 0.999. The minimum absolute atomic E-state index is 0.276. The van der Waals surface area contributed by atoms with Crippen molar-refractivity contribution >= 4 is 33.6 Å². The molecule has 1 aromatic rings. The number of aromatic nitrogens is 1. The van der Waals surface area contributed by atoms with Crippen molar-refractivity contribution in [1.82, 2.24) is 10.3 Å². The zero-order valence-electron chi connectivity index (χ0n) is 8.98. The summed E-state index contributed by atoms with van der Waals surface area (Å²) in [4.78, 5) is 28.1. The Morgan fingerprint density at radius 3 is 3.06 bits per heavy atom. The molecular formula is C10H10BrN3O3. The highest BCUT2D eigenvalue weighted by Crippen LogP contribution is 2.27. The van der Waals surface area contributed by atoms with Gasteiger partial charge < -0.3 is 15.3 Å². The first-order valence-corrected chi connectivity index (χ1v) is 5.70. The van der Waals surface area contributed by atoms with Crippen LogP contribution >= 0.6 is 15.9 Å². The van der Waals surface area contributed by atoms with E-state index in [0.717, 1.165) is 4.47 Å². The smallest absolute Gasteiger partial charge is 0.405 e. The average molecular weight is 300 g/mol. The zero-order valence-corrected chi connectivity index (χ0v) is 10.6. The molecule has 2 rings (SSSR count). The maximum atomic E-state index is 11.9. The van der Waals surface area contributed by atoms with Crippen molar-refractivity contribution < 1.29 is 14.7 Å². The fourth-order valence-corrected chi connectivity index (χ4v) is 2.12. The second kappa shape index (κ2) is 4.33. The summed E-state index contributed by atoms with van der Waals surface area (Å²) in [6, 6.07) is 1.02. The highest BCUT2D eigenvalue weighted by atomic mass is 79.9. The lowest BCUT2D eigenvalue weighted by Gasteiger charge is -2.30. The standard InChI is InChI=1S/C10H10BrN3O3/c1-14-8-2-5(11)4-12-6(8)3-7(9(14)15)13-10(16)17/h2,4,7,13H,3H2,1H3,(H,16,17). The number of nitrogens with zero attached hydrogens (tertiary/aromatic N) is 2. The summed E-state index contributed by atoms with van der Waals surface area (Å²) in [7, 11) is 1.60. The number of halogens is 1. The molecule has 2 heterocycles. The summed E-state index contributed by atoms with van der Waals surface area (Å²) in [6.45, 7) is 0. The van der Waals surface area contributed by atoms with Crippen LogP contribution < -0.4 is 10.2 Å². The average Bonchev–Trinajstić information content (AvgIpc) is 2.26. The number of rotatable bonds is 1. The molecule has 1 aromatic heterocycles. The van der Waals surface area contributed by atoms with Gasteiger partial charge in [-0.1, -0.05) is 0 Å². The highest BCUT2D eigenvalue weighted by molar-refractivity contribution is 9.10. The molecule has 7 heteroatoms. The number of hydrogen-bond acceptors (Lipinski definition) is 3. The molecule has 1 aliphatic heterocycles. The van der Waals surface area contributed by atoms with Crippen molar-refractivity contribution in [3.05, 3.63) is 22.4 Å². The predicted molar refractivity (Wildman–Crippen MR) is 64.0 cm³/mol. The van der Waals surface area contributed by atoms with E-state index >= 15 is 0 Å². The zero-order chi connectivity index (χ0) is 12.6. The Morgan fingerprint density at radius 1 is 1.71 bits per heavy atom. The van der Waals surface area contributed by atoms with Crippen LogP contribution in [0.25, 0.3) is 0 Å². The van der Waals surface area contributed by atoms with Gasteiger partial charge in [-0.05, 0) is 22.0 Å². The number of hydrogen-bond donors (Lipinski definition) is 2. The van der Waals surface area contributed by atoms with Gasteiger partial charge in [0, 0.05) is 24.1 Å². The van der Waals surface area contributed by atoms with Crippen LogP contribution in [0.1, 0.15) is 5.69 Å². The maximum absolute atomic E-state index is 11.9. The highest BCUT2D eigenvalue weighted by Gasteiger charge is 2.32. The topological polar surface area (TPSA) is 82.5 Å². The first-order chi connectivity index (χ1) is 7.99. The molecular weight excluding hydrogens is 290 g/mol. The molecule has 17 heavy (non-hydrogen) atoms. The van der Waals surface area contributed by atoms with E-state index in [4.69, 9.17) is 5.11 Å². The van der Waals surface area contributed by atoms with E-state index in [-0.39, 0.29) is 12.3 Å². The Morgan fingerprint density at radius 2 is 2.41 bits per heavy atom. The van der Waals surface area contributed by atoms with Crippen molar-refractivity contribution in [1.29, 1.82) is 0 Å². The van der Waals surface area contributed by atoms with Crippen LogP contribution in [-0.4, -0.2) is 35.2 Å². The molecule has 2 amide bonds. The van der Waals surface area contributed by atoms with Gasteiger partial charge in [0.15, 0.2) is 0 Å². The number of anilines is 1. The summed E-state index contributed by atoms with van der Waals surface area (Å²) < 4.78 is 0.778. The lowest BCUT2D eigenvalue weighted by Crippen LogP contribution is -2.51. The number of fused-ring (bicyclic) bond motifs is 1. The Hall–Kier alpha value is -1.63. The van der Waals surface area contributed by atoms with Crippen LogP contribution in [0.2, 0.25) is 0 Å². The van der Waals surface area contributed by atoms with E-state index in [9.17, 15) is 9.59 Å². The Kier molecular flexibility index (Phi) is 3.01. The van der Waals surface area contributed by atoms with Crippen LogP contribution in [0.3, 0.4) is 0 Å². The van der Waals surface area contributed by atoms with Crippen LogP contribution in [0.15, 0.2) is 16.7 Å². The molecule has 0 saturated heterocycles. The van der Waals surface area contributed by atoms with Crippen LogP contribution in [0.5, 0.6) is 0 Å². The van der Waals surface area contributed by atoms with Crippen molar-refractivity contribution in [2.24, 2.45) is 0 Å². The minimum atomic E-state index is -1.21. The lowest BCUT2D eigenvalue weighted by atomic mass is 10.0. The Bertz CT molecular complexity index is 492. The van der Waals surface area contributed by atoms with Crippen molar-refractivity contribution in [2.45, 2.75) is 12.5 Å². The summed E-state index contributed by atoms with van der Waals surface area (Å²) >= 11 is 3.28. The first kappa shape index (κ1) is 11.8. The van der Waals surface area contributed by atoms with E-state index in [1.165, 1.54) is 4.90 Å². The second-order valence-electron chi connectivity index (χ2n) is 3.72. The maximum Gasteiger partial charge on any atom is 0.405 e. The number of likely N-dealkylation sites (N-methyl/N-ethyl adjacent to an activating group) is 1. The number of carbonyl (C=O) groups is 2. The monoisotopic (exact) mass is 299 g/mol. The normalized spacial score (nSPS) is 18.8. The van der Waals surface area contributed by atoms with Crippen molar-refractivity contribution in [2.75, 3.05) is 11.9 Å². The second-order valence-corrected chi connectivity index (χ2v) is 4.64. The molecule has 0 aromatic carbocycles. The number of amides is 2. The van der Waals surface area contributed by atoms with E-state index in [1.54, 1.807) is 19.3 Å². The molecule has 6 nitrogen and oxygen atoms in total. The fourth-order valence-electron chi connectivity index (χ4n) is 1.80. The third-order valence-electron chi connectivity index (χ3n) is 2.60. The van der Waals surface area contributed by atoms with E-state index < -0.39 is 12.1 Å². The minimum Gasteiger partial charge on any atom is -0.465 e. The molecule has 1 unspecified atom stereocenters. The van der Waals surface area contributed by atoms with Gasteiger partial charge in [-0.15, -0.1) is 0 Å². The molecule has 0 radical (unpaired) electrons. The van der Waals surface area contributed by atoms with Gasteiger partial charge in [-0.2, -0.15) is 0 Å². The number of pyridine rings is 1. The SMILES string of the molecule is CN1C(=O)C(NC(=O)O)Cc2ncc(Br)cc21. The molecule has 0 fully saturated rings. The third kappa shape index (κ3) is 2.23. The first-order valence-electron chi connectivity index (χ1n) is 4.90. The van der Waals surface area contributed by atoms with Gasteiger partial charge >= 0.3 is 6.09 Å². The molecule has 90 valence electrons. The third-order valence-corrected chi connectivity index (χ3v) is 3.03. The largest absolute Gasteiger partial charge is 0.465 e. The van der Waals surface area contributed by atoms with Gasteiger partial charge in [-0.3, -0.25) is 9.78 Å². The van der Waals surface area contributed by atoms with Gasteiger partial charge in [0.25, 0.3) is 0 Å². The van der Waals surface area contributed by atoms with Gasteiger partial charge in [0.1, 0.15) is 6.04 Å². The number of carbonyl (C=O) groups excluding carboxylic acids is 1. The summed E-state index contributed by atoms with van der Waals surface area (Å²) in [5, 5.41) is 10.8. The molecule has 0 aliphatic carbocycles. The van der Waals surface area contributed by atoms with Gasteiger partial charge in [-0.25, -0.2) is 4.79 Å². The summed E-state index contributed by atoms with van der Waals surface area (Å²) in [5.74, 6) is -0.278. The Balaban J connectivity index is 2.35. The van der Waals surface area contributed by atoms with Crippen LogP contribution in [-0.2, 0) is 11.2 Å². The van der Waals surface area contributed by atoms with Gasteiger partial charge in [0.05, 0.1) is 11.4 Å². The van der Waals surface area contributed by atoms with E-state index in [2.05, 4.69) is 26.2 Å². The molecule has 1 atom stereocenters. The Labute approximate surface area is 106 Å². The molecule has 0 saturated carbocycles. The molecule has 0 bridgehead atoms. The molecule has 2 N–H and O–H groups in total. The summed E-state index contributed by atoms with van der Waals surface area (Å²) in [6.07, 6.45) is 0.690. The van der Waals surface area contributed by atoms with Crippen molar-refractivity contribution in [3.8, 4) is 0 Å². The number of nitrogens with one attached hydrogen (secondary N) is 1. The fraction of sp³-hybridized carbons (Fsp3) is 0.300.